The van der Waals surface area contributed by atoms with Crippen molar-refractivity contribution >= 4 is 44.5 Å². The minimum Gasteiger partial charge on any atom is -0.394 e. The first-order chi connectivity index (χ1) is 12.8. The maximum atomic E-state index is 13.0. The molecule has 4 rings (SSSR count). The molecule has 1 aromatic heterocycles. The lowest BCUT2D eigenvalue weighted by Crippen LogP contribution is -2.28. The quantitative estimate of drug-likeness (QED) is 0.707. The molecule has 6 nitrogen and oxygen atoms in total. The van der Waals surface area contributed by atoms with Crippen LogP contribution in [0.2, 0.25) is 0 Å². The van der Waals surface area contributed by atoms with Crippen molar-refractivity contribution in [3.05, 3.63) is 60.2 Å². The summed E-state index contributed by atoms with van der Waals surface area (Å²) >= 11 is 1.43. The van der Waals surface area contributed by atoms with Crippen LogP contribution in [-0.4, -0.2) is 41.1 Å². The number of aliphatic hydroxyl groups is 1. The lowest BCUT2D eigenvalue weighted by Gasteiger charge is -2.08. The van der Waals surface area contributed by atoms with E-state index < -0.39 is 5.92 Å². The smallest absolute Gasteiger partial charge is 0.264 e. The van der Waals surface area contributed by atoms with Gasteiger partial charge in [-0.25, -0.2) is 4.98 Å². The summed E-state index contributed by atoms with van der Waals surface area (Å²) < 4.78 is 1.00. The highest BCUT2D eigenvalue weighted by Gasteiger charge is 2.37. The van der Waals surface area contributed by atoms with Crippen molar-refractivity contribution in [3.8, 4) is 0 Å². The highest BCUT2D eigenvalue weighted by molar-refractivity contribution is 7.22. The van der Waals surface area contributed by atoms with E-state index in [1.165, 1.54) is 16.3 Å². The third-order valence-electron chi connectivity index (χ3n) is 3.99. The number of anilines is 1. The van der Waals surface area contributed by atoms with Gasteiger partial charge in [0.2, 0.25) is 5.13 Å². The SMILES string of the molecule is O=C1[C@H](C=NCCO)C(c2ccccc2)=NN1c1nc2ccccc2s1. The van der Waals surface area contributed by atoms with Gasteiger partial charge in [0, 0.05) is 6.21 Å². The van der Waals surface area contributed by atoms with Crippen LogP contribution < -0.4 is 5.01 Å². The number of aliphatic imine (C=N–C) groups is 1. The molecule has 0 aliphatic carbocycles. The lowest BCUT2D eigenvalue weighted by molar-refractivity contribution is -0.118. The molecule has 0 radical (unpaired) electrons. The number of thiazole rings is 1. The molecular weight excluding hydrogens is 348 g/mol. The fraction of sp³-hybridized carbons (Fsp3) is 0.158. The molecule has 1 aliphatic rings. The minimum atomic E-state index is -0.587. The molecule has 2 heterocycles. The van der Waals surface area contributed by atoms with Crippen LogP contribution in [0.25, 0.3) is 10.2 Å². The molecule has 3 aromatic rings. The van der Waals surface area contributed by atoms with Crippen LogP contribution in [0.15, 0.2) is 64.7 Å². The van der Waals surface area contributed by atoms with Crippen LogP contribution in [0, 0.1) is 5.92 Å². The van der Waals surface area contributed by atoms with E-state index in [0.717, 1.165) is 15.8 Å². The molecule has 1 N–H and O–H groups in total. The topological polar surface area (TPSA) is 78.1 Å². The molecule has 7 heteroatoms. The molecular formula is C19H16N4O2S. The Morgan fingerprint density at radius 2 is 1.92 bits per heavy atom. The Morgan fingerprint density at radius 1 is 1.15 bits per heavy atom. The van der Waals surface area contributed by atoms with Crippen molar-refractivity contribution in [2.24, 2.45) is 16.0 Å². The van der Waals surface area contributed by atoms with Crippen LogP contribution >= 0.6 is 11.3 Å². The number of amides is 1. The maximum Gasteiger partial charge on any atom is 0.264 e. The van der Waals surface area contributed by atoms with Crippen LogP contribution in [0.5, 0.6) is 0 Å². The monoisotopic (exact) mass is 364 g/mol. The van der Waals surface area contributed by atoms with Crippen molar-refractivity contribution in [1.29, 1.82) is 0 Å². The molecule has 2 aromatic carbocycles. The van der Waals surface area contributed by atoms with E-state index in [4.69, 9.17) is 5.11 Å². The first kappa shape index (κ1) is 16.6. The van der Waals surface area contributed by atoms with Gasteiger partial charge in [-0.3, -0.25) is 9.79 Å². The van der Waals surface area contributed by atoms with E-state index in [-0.39, 0.29) is 19.1 Å². The molecule has 0 saturated heterocycles. The number of benzene rings is 2. The van der Waals surface area contributed by atoms with Crippen molar-refractivity contribution in [3.63, 3.8) is 0 Å². The van der Waals surface area contributed by atoms with Gasteiger partial charge in [-0.15, -0.1) is 0 Å². The number of rotatable bonds is 5. The molecule has 0 spiro atoms. The number of fused-ring (bicyclic) bond motifs is 1. The summed E-state index contributed by atoms with van der Waals surface area (Å²) in [4.78, 5) is 21.7. The largest absolute Gasteiger partial charge is 0.394 e. The van der Waals surface area contributed by atoms with Crippen molar-refractivity contribution in [2.45, 2.75) is 0 Å². The normalized spacial score (nSPS) is 17.4. The van der Waals surface area contributed by atoms with Crippen LogP contribution in [0.1, 0.15) is 5.56 Å². The van der Waals surface area contributed by atoms with Gasteiger partial charge < -0.3 is 5.11 Å². The van der Waals surface area contributed by atoms with Crippen LogP contribution in [0.3, 0.4) is 0 Å². The molecule has 1 aliphatic heterocycles. The fourth-order valence-electron chi connectivity index (χ4n) is 2.77. The van der Waals surface area contributed by atoms with E-state index in [2.05, 4.69) is 15.1 Å². The van der Waals surface area contributed by atoms with Crippen LogP contribution in [0.4, 0.5) is 5.13 Å². The first-order valence-electron chi connectivity index (χ1n) is 8.22. The second-order valence-corrected chi connectivity index (χ2v) is 6.73. The lowest BCUT2D eigenvalue weighted by atomic mass is 9.98. The van der Waals surface area contributed by atoms with E-state index >= 15 is 0 Å². The Balaban J connectivity index is 1.75. The van der Waals surface area contributed by atoms with Gasteiger partial charge in [-0.2, -0.15) is 10.1 Å². The molecule has 0 unspecified atom stereocenters. The highest BCUT2D eigenvalue weighted by atomic mass is 32.1. The maximum absolute atomic E-state index is 13.0. The molecule has 0 saturated carbocycles. The molecule has 130 valence electrons. The summed E-state index contributed by atoms with van der Waals surface area (Å²) in [6.45, 7) is 0.198. The Labute approximate surface area is 154 Å². The Kier molecular flexibility index (Phi) is 4.55. The third-order valence-corrected chi connectivity index (χ3v) is 5.01. The summed E-state index contributed by atoms with van der Waals surface area (Å²) in [6, 6.07) is 17.3. The Hall–Kier alpha value is -2.90. The zero-order chi connectivity index (χ0) is 17.9. The van der Waals surface area contributed by atoms with Gasteiger partial charge >= 0.3 is 0 Å². The average molecular weight is 364 g/mol. The zero-order valence-electron chi connectivity index (χ0n) is 13.8. The number of carbonyl (C=O) groups excluding carboxylic acids is 1. The Morgan fingerprint density at radius 3 is 2.69 bits per heavy atom. The molecule has 0 fully saturated rings. The highest BCUT2D eigenvalue weighted by Crippen LogP contribution is 2.32. The van der Waals surface area contributed by atoms with E-state index in [0.29, 0.717) is 10.8 Å². The van der Waals surface area contributed by atoms with Gasteiger partial charge in [-0.05, 0) is 17.7 Å². The number of hydrogen-bond acceptors (Lipinski definition) is 6. The van der Waals surface area contributed by atoms with Crippen molar-refractivity contribution in [1.82, 2.24) is 4.98 Å². The second kappa shape index (κ2) is 7.15. The molecule has 1 atom stereocenters. The number of aromatic nitrogens is 1. The van der Waals surface area contributed by atoms with Crippen LogP contribution in [-0.2, 0) is 4.79 Å². The van der Waals surface area contributed by atoms with E-state index in [1.807, 2.05) is 54.6 Å². The predicted molar refractivity (Wildman–Crippen MR) is 104 cm³/mol. The van der Waals surface area contributed by atoms with Gasteiger partial charge in [0.05, 0.1) is 29.1 Å². The van der Waals surface area contributed by atoms with E-state index in [1.54, 1.807) is 6.21 Å². The first-order valence-corrected chi connectivity index (χ1v) is 9.04. The van der Waals surface area contributed by atoms with Gasteiger partial charge in [0.15, 0.2) is 0 Å². The number of aliphatic hydroxyl groups excluding tert-OH is 1. The molecule has 26 heavy (non-hydrogen) atoms. The zero-order valence-corrected chi connectivity index (χ0v) is 14.6. The second-order valence-electron chi connectivity index (χ2n) is 5.72. The minimum absolute atomic E-state index is 0.0587. The number of hydrogen-bond donors (Lipinski definition) is 1. The summed E-state index contributed by atoms with van der Waals surface area (Å²) in [5.41, 5.74) is 2.34. The number of para-hydroxylation sites is 1. The fourth-order valence-corrected chi connectivity index (χ4v) is 3.70. The average Bonchev–Trinajstić information content (AvgIpc) is 3.24. The van der Waals surface area contributed by atoms with E-state index in [9.17, 15) is 4.79 Å². The summed E-state index contributed by atoms with van der Waals surface area (Å²) in [5, 5.41) is 15.4. The predicted octanol–water partition coefficient (Wildman–Crippen LogP) is 2.73. The van der Waals surface area contributed by atoms with Crippen molar-refractivity contribution in [2.75, 3.05) is 18.2 Å². The summed E-state index contributed by atoms with van der Waals surface area (Å²) in [6.07, 6.45) is 1.57. The number of carbonyl (C=O) groups is 1. The number of nitrogens with zero attached hydrogens (tertiary/aromatic N) is 4. The molecule has 0 bridgehead atoms. The van der Waals surface area contributed by atoms with Gasteiger partial charge in [0.25, 0.3) is 5.91 Å². The van der Waals surface area contributed by atoms with Crippen molar-refractivity contribution < 1.29 is 9.90 Å². The Bertz CT molecular complexity index is 964. The molecule has 1 amide bonds. The summed E-state index contributed by atoms with van der Waals surface area (Å²) in [5.74, 6) is -0.777. The number of hydrazone groups is 1. The standard InChI is InChI=1S/C19H16N4O2S/c24-11-10-20-12-14-17(13-6-2-1-3-7-13)22-23(18(14)25)19-21-15-8-4-5-9-16(15)26-19/h1-9,12,14,24H,10-11H2/t14-/m1/s1. The van der Waals surface area contributed by atoms with Gasteiger partial charge in [-0.1, -0.05) is 53.8 Å². The summed E-state index contributed by atoms with van der Waals surface area (Å²) in [7, 11) is 0. The third kappa shape index (κ3) is 3.02. The van der Waals surface area contributed by atoms with Gasteiger partial charge in [0.1, 0.15) is 5.92 Å².